The molecule has 4 fully saturated rings. The van der Waals surface area contributed by atoms with Gasteiger partial charge >= 0.3 is 12.6 Å². The smallest absolute Gasteiger partial charge is 0.387 e. The Balaban J connectivity index is 1.30. The molecule has 0 aliphatic heterocycles. The number of hydrogen-bond donors (Lipinski definition) is 2. The van der Waals surface area contributed by atoms with Gasteiger partial charge in [-0.3, -0.25) is 9.59 Å². The second-order valence-corrected chi connectivity index (χ2v) is 8.95. The molecule has 2 unspecified atom stereocenters. The molecule has 0 spiro atoms. The lowest BCUT2D eigenvalue weighted by Crippen LogP contribution is -2.56. The minimum atomic E-state index is -3.01. The Bertz CT molecular complexity index is 785. The predicted molar refractivity (Wildman–Crippen MR) is 99.3 cm³/mol. The molecule has 1 amide bonds. The summed E-state index contributed by atoms with van der Waals surface area (Å²) in [5.41, 5.74) is -0.808. The van der Waals surface area contributed by atoms with Crippen molar-refractivity contribution in [3.63, 3.8) is 0 Å². The number of alkyl halides is 2. The first-order valence-corrected chi connectivity index (χ1v) is 9.96. The van der Waals surface area contributed by atoms with E-state index in [0.29, 0.717) is 18.3 Å². The summed E-state index contributed by atoms with van der Waals surface area (Å²) in [5, 5.41) is 13.2. The largest absolute Gasteiger partial charge is 0.456 e. The highest BCUT2D eigenvalue weighted by Gasteiger charge is 2.57. The van der Waals surface area contributed by atoms with Crippen LogP contribution in [0.3, 0.4) is 0 Å². The molecule has 1 aromatic carbocycles. The molecule has 29 heavy (non-hydrogen) atoms. The molecule has 158 valence electrons. The van der Waals surface area contributed by atoms with E-state index in [1.165, 1.54) is 18.2 Å². The van der Waals surface area contributed by atoms with Crippen LogP contribution in [-0.2, 0) is 14.3 Å². The van der Waals surface area contributed by atoms with Gasteiger partial charge in [0.25, 0.3) is 5.91 Å². The summed E-state index contributed by atoms with van der Waals surface area (Å²) in [7, 11) is 0. The van der Waals surface area contributed by atoms with Crippen molar-refractivity contribution in [1.82, 2.24) is 0 Å². The number of anilines is 1. The van der Waals surface area contributed by atoms with Gasteiger partial charge in [0.1, 0.15) is 5.75 Å². The summed E-state index contributed by atoms with van der Waals surface area (Å²) in [4.78, 5) is 24.5. The third-order valence-corrected chi connectivity index (χ3v) is 6.41. The van der Waals surface area contributed by atoms with E-state index in [4.69, 9.17) is 4.74 Å². The SMILES string of the molecule is O=C(COC(=O)CC12C[C@@H]3C[C@@H](CC(O)(C3)C1)C2)Nc1ccccc1OC(F)F. The van der Waals surface area contributed by atoms with E-state index in [0.717, 1.165) is 32.1 Å². The van der Waals surface area contributed by atoms with Gasteiger partial charge in [0.2, 0.25) is 0 Å². The molecule has 4 aliphatic rings. The van der Waals surface area contributed by atoms with Crippen LogP contribution in [0.2, 0.25) is 0 Å². The van der Waals surface area contributed by atoms with Crippen molar-refractivity contribution in [2.24, 2.45) is 17.3 Å². The molecule has 5 rings (SSSR count). The number of amides is 1. The molecule has 6 nitrogen and oxygen atoms in total. The van der Waals surface area contributed by atoms with Crippen LogP contribution in [0.1, 0.15) is 44.9 Å². The topological polar surface area (TPSA) is 84.9 Å². The summed E-state index contributed by atoms with van der Waals surface area (Å²) in [6.45, 7) is -3.52. The lowest BCUT2D eigenvalue weighted by Gasteiger charge is -2.60. The maximum atomic E-state index is 12.5. The Morgan fingerprint density at radius 2 is 1.86 bits per heavy atom. The minimum Gasteiger partial charge on any atom is -0.456 e. The number of benzene rings is 1. The van der Waals surface area contributed by atoms with Crippen LogP contribution >= 0.6 is 0 Å². The molecule has 0 radical (unpaired) electrons. The highest BCUT2D eigenvalue weighted by Crippen LogP contribution is 2.62. The van der Waals surface area contributed by atoms with Crippen molar-refractivity contribution in [1.29, 1.82) is 0 Å². The van der Waals surface area contributed by atoms with E-state index in [-0.39, 0.29) is 23.3 Å². The van der Waals surface area contributed by atoms with Gasteiger partial charge < -0.3 is 19.9 Å². The van der Waals surface area contributed by atoms with Crippen LogP contribution in [0.25, 0.3) is 0 Å². The zero-order valence-electron chi connectivity index (χ0n) is 16.0. The normalized spacial score (nSPS) is 32.3. The number of aliphatic hydroxyl groups is 1. The number of hydrogen-bond acceptors (Lipinski definition) is 5. The monoisotopic (exact) mass is 409 g/mol. The summed E-state index contributed by atoms with van der Waals surface area (Å²) in [6.07, 6.45) is 5.43. The standard InChI is InChI=1S/C21H25F2NO5/c22-19(23)29-16-4-2-1-3-15(16)24-17(25)11-28-18(26)10-20-6-13-5-14(7-20)9-21(27,8-13)12-20/h1-4,13-14,19,27H,5-12H2,(H,24,25)/t13-,14+,20?,21?. The lowest BCUT2D eigenvalue weighted by atomic mass is 9.47. The lowest BCUT2D eigenvalue weighted by molar-refractivity contribution is -0.177. The zero-order valence-corrected chi connectivity index (χ0v) is 16.0. The highest BCUT2D eigenvalue weighted by atomic mass is 19.3. The molecule has 4 saturated carbocycles. The van der Waals surface area contributed by atoms with Crippen molar-refractivity contribution in [2.75, 3.05) is 11.9 Å². The van der Waals surface area contributed by atoms with Gasteiger partial charge in [0, 0.05) is 0 Å². The first kappa shape index (κ1) is 20.1. The van der Waals surface area contributed by atoms with Crippen LogP contribution in [-0.4, -0.2) is 35.8 Å². The number of halogens is 2. The molecule has 8 heteroatoms. The average Bonchev–Trinajstić information content (AvgIpc) is 2.58. The first-order chi connectivity index (χ1) is 13.7. The minimum absolute atomic E-state index is 0.0807. The molecule has 2 N–H and O–H groups in total. The quantitative estimate of drug-likeness (QED) is 0.674. The first-order valence-electron chi connectivity index (χ1n) is 9.96. The molecular weight excluding hydrogens is 384 g/mol. The number of carbonyl (C=O) groups is 2. The van der Waals surface area contributed by atoms with Crippen LogP contribution in [0.5, 0.6) is 5.75 Å². The van der Waals surface area contributed by atoms with Crippen LogP contribution in [0.15, 0.2) is 24.3 Å². The van der Waals surface area contributed by atoms with E-state index < -0.39 is 30.7 Å². The second-order valence-electron chi connectivity index (χ2n) is 8.95. The van der Waals surface area contributed by atoms with Crippen molar-refractivity contribution in [2.45, 2.75) is 57.2 Å². The third kappa shape index (κ3) is 4.52. The zero-order chi connectivity index (χ0) is 20.6. The van der Waals surface area contributed by atoms with E-state index in [9.17, 15) is 23.5 Å². The molecular formula is C21H25F2NO5. The Morgan fingerprint density at radius 1 is 1.17 bits per heavy atom. The maximum absolute atomic E-state index is 12.5. The number of para-hydroxylation sites is 2. The highest BCUT2D eigenvalue weighted by molar-refractivity contribution is 5.94. The summed E-state index contributed by atoms with van der Waals surface area (Å²) in [6, 6.07) is 5.81. The number of esters is 1. The fourth-order valence-electron chi connectivity index (χ4n) is 6.07. The van der Waals surface area contributed by atoms with Gasteiger partial charge in [-0.05, 0) is 67.9 Å². The number of carbonyl (C=O) groups excluding carboxylic acids is 2. The number of rotatable bonds is 7. The van der Waals surface area contributed by atoms with E-state index >= 15 is 0 Å². The Labute approximate surface area is 167 Å². The van der Waals surface area contributed by atoms with Crippen LogP contribution in [0, 0.1) is 17.3 Å². The van der Waals surface area contributed by atoms with Gasteiger partial charge in [0.05, 0.1) is 17.7 Å². The van der Waals surface area contributed by atoms with Crippen molar-refractivity contribution in [3.8, 4) is 5.75 Å². The van der Waals surface area contributed by atoms with Crippen LogP contribution < -0.4 is 10.1 Å². The Kier molecular flexibility index (Phi) is 5.23. The number of ether oxygens (including phenoxy) is 2. The molecule has 1 aromatic rings. The fraction of sp³-hybridized carbons (Fsp3) is 0.619. The number of nitrogens with one attached hydrogen (secondary N) is 1. The summed E-state index contributed by atoms with van der Waals surface area (Å²) in [5.74, 6) is -0.341. The van der Waals surface area contributed by atoms with E-state index in [2.05, 4.69) is 10.1 Å². The average molecular weight is 409 g/mol. The second kappa shape index (κ2) is 7.55. The van der Waals surface area contributed by atoms with Gasteiger partial charge in [0.15, 0.2) is 6.61 Å². The molecule has 0 aromatic heterocycles. The molecule has 4 aliphatic carbocycles. The van der Waals surface area contributed by atoms with Gasteiger partial charge in [-0.25, -0.2) is 0 Å². The Hall–Kier alpha value is -2.22. The van der Waals surface area contributed by atoms with E-state index in [1.807, 2.05) is 0 Å². The Morgan fingerprint density at radius 3 is 2.52 bits per heavy atom. The molecule has 0 saturated heterocycles. The predicted octanol–water partition coefficient (Wildman–Crippen LogP) is 3.49. The van der Waals surface area contributed by atoms with Crippen LogP contribution in [0.4, 0.5) is 14.5 Å². The van der Waals surface area contributed by atoms with Crippen molar-refractivity contribution in [3.05, 3.63) is 24.3 Å². The third-order valence-electron chi connectivity index (χ3n) is 6.41. The molecule has 0 heterocycles. The van der Waals surface area contributed by atoms with Crippen molar-refractivity contribution < 1.29 is 33.0 Å². The summed E-state index contributed by atoms with van der Waals surface area (Å²) >= 11 is 0. The van der Waals surface area contributed by atoms with Crippen molar-refractivity contribution >= 4 is 17.6 Å². The molecule has 4 atom stereocenters. The fourth-order valence-corrected chi connectivity index (χ4v) is 6.07. The van der Waals surface area contributed by atoms with E-state index in [1.54, 1.807) is 6.07 Å². The maximum Gasteiger partial charge on any atom is 0.387 e. The van der Waals surface area contributed by atoms with Gasteiger partial charge in [-0.1, -0.05) is 12.1 Å². The summed E-state index contributed by atoms with van der Waals surface area (Å²) < 4.78 is 34.4. The molecule has 4 bridgehead atoms. The van der Waals surface area contributed by atoms with Gasteiger partial charge in [-0.2, -0.15) is 8.78 Å². The van der Waals surface area contributed by atoms with Gasteiger partial charge in [-0.15, -0.1) is 0 Å².